The van der Waals surface area contributed by atoms with Gasteiger partial charge in [0.05, 0.1) is 11.8 Å². The molecule has 5 nitrogen and oxygen atoms in total. The monoisotopic (exact) mass is 341 g/mol. The molecule has 2 N–H and O–H groups in total. The molecular weight excluding hydrogens is 320 g/mol. The maximum Gasteiger partial charge on any atom is 0.304 e. The lowest BCUT2D eigenvalue weighted by Crippen LogP contribution is -2.32. The number of hydrogen-bond donors (Lipinski definition) is 2. The predicted molar refractivity (Wildman–Crippen MR) is 83.2 cm³/mol. The highest BCUT2D eigenvalue weighted by Crippen LogP contribution is 2.64. The molecule has 1 aromatic carbocycles. The average Bonchev–Trinajstić information content (AvgIpc) is 3.04. The van der Waals surface area contributed by atoms with E-state index < -0.39 is 36.1 Å². The summed E-state index contributed by atoms with van der Waals surface area (Å²) >= 11 is 0. The Bertz CT molecular complexity index is 620. The summed E-state index contributed by atoms with van der Waals surface area (Å²) in [6.07, 6.45) is -0.326. The number of alkyl halides is 2. The van der Waals surface area contributed by atoms with Gasteiger partial charge in [0.1, 0.15) is 5.75 Å². The summed E-state index contributed by atoms with van der Waals surface area (Å²) in [5.74, 6) is -4.02. The van der Waals surface area contributed by atoms with Crippen LogP contribution >= 0.6 is 0 Å². The third kappa shape index (κ3) is 4.21. The van der Waals surface area contributed by atoms with Crippen molar-refractivity contribution in [3.8, 4) is 5.75 Å². The molecular formula is C17H21F2NO4. The van der Waals surface area contributed by atoms with Crippen LogP contribution in [0.1, 0.15) is 31.7 Å². The number of halogens is 2. The van der Waals surface area contributed by atoms with Gasteiger partial charge in [0.15, 0.2) is 6.61 Å². The number of aliphatic carboxylic acids is 1. The van der Waals surface area contributed by atoms with Gasteiger partial charge in [-0.05, 0) is 24.5 Å². The van der Waals surface area contributed by atoms with Crippen molar-refractivity contribution in [1.82, 2.24) is 5.32 Å². The molecule has 1 fully saturated rings. The number of amides is 1. The lowest BCUT2D eigenvalue weighted by atomic mass is 9.97. The van der Waals surface area contributed by atoms with Crippen LogP contribution in [-0.4, -0.2) is 36.1 Å². The second-order valence-electron chi connectivity index (χ2n) is 6.08. The van der Waals surface area contributed by atoms with Crippen molar-refractivity contribution < 1.29 is 28.2 Å². The van der Waals surface area contributed by atoms with Gasteiger partial charge in [0.25, 0.3) is 11.8 Å². The van der Waals surface area contributed by atoms with Gasteiger partial charge in [-0.1, -0.05) is 25.1 Å². The molecule has 0 aliphatic heterocycles. The molecule has 1 amide bonds. The maximum absolute atomic E-state index is 13.4. The summed E-state index contributed by atoms with van der Waals surface area (Å²) < 4.78 is 32.2. The molecule has 1 aliphatic carbocycles. The molecule has 0 saturated heterocycles. The number of para-hydroxylation sites is 1. The number of carbonyl (C=O) groups is 2. The lowest BCUT2D eigenvalue weighted by Gasteiger charge is -2.15. The first-order valence-corrected chi connectivity index (χ1v) is 7.87. The number of benzene rings is 1. The standard InChI is InChI=1S/C17H21F2NO4/c1-2-12-5-3-4-6-13(12)24-10-14(21)20-8-7-16(9-15(22)23)11-17(16,18)19/h3-6H,2,7-11H2,1H3,(H,20,21)(H,22,23). The zero-order valence-electron chi connectivity index (χ0n) is 13.5. The molecule has 24 heavy (non-hydrogen) atoms. The van der Waals surface area contributed by atoms with E-state index in [0.717, 1.165) is 12.0 Å². The van der Waals surface area contributed by atoms with Gasteiger partial charge >= 0.3 is 5.97 Å². The van der Waals surface area contributed by atoms with Crippen LogP contribution in [0.15, 0.2) is 24.3 Å². The highest BCUT2D eigenvalue weighted by atomic mass is 19.3. The fourth-order valence-corrected chi connectivity index (χ4v) is 2.79. The summed E-state index contributed by atoms with van der Waals surface area (Å²) in [6, 6.07) is 7.34. The van der Waals surface area contributed by atoms with E-state index in [-0.39, 0.29) is 19.6 Å². The Hall–Kier alpha value is -2.18. The Labute approximate surface area is 139 Å². The number of nitrogens with one attached hydrogen (secondary N) is 1. The van der Waals surface area contributed by atoms with Crippen molar-refractivity contribution in [3.05, 3.63) is 29.8 Å². The second-order valence-corrected chi connectivity index (χ2v) is 6.08. The highest BCUT2D eigenvalue weighted by molar-refractivity contribution is 5.77. The molecule has 0 radical (unpaired) electrons. The molecule has 0 spiro atoms. The summed E-state index contributed by atoms with van der Waals surface area (Å²) in [4.78, 5) is 22.5. The van der Waals surface area contributed by atoms with E-state index in [2.05, 4.69) is 5.32 Å². The molecule has 0 bridgehead atoms. The van der Waals surface area contributed by atoms with E-state index in [9.17, 15) is 18.4 Å². The minimum absolute atomic E-state index is 0.000484. The number of aryl methyl sites for hydroxylation is 1. The minimum atomic E-state index is -2.97. The number of hydrogen-bond acceptors (Lipinski definition) is 3. The van der Waals surface area contributed by atoms with E-state index in [4.69, 9.17) is 9.84 Å². The molecule has 132 valence electrons. The third-order valence-corrected chi connectivity index (χ3v) is 4.34. The van der Waals surface area contributed by atoms with E-state index in [0.29, 0.717) is 5.75 Å². The molecule has 1 atom stereocenters. The quantitative estimate of drug-likeness (QED) is 0.724. The predicted octanol–water partition coefficient (Wildman–Crippen LogP) is 2.63. The van der Waals surface area contributed by atoms with E-state index in [1.807, 2.05) is 19.1 Å². The van der Waals surface area contributed by atoms with Gasteiger partial charge in [0, 0.05) is 13.0 Å². The van der Waals surface area contributed by atoms with E-state index in [1.165, 1.54) is 0 Å². The van der Waals surface area contributed by atoms with Gasteiger partial charge in [-0.2, -0.15) is 0 Å². The normalized spacial score (nSPS) is 21.1. The molecule has 0 heterocycles. The molecule has 1 saturated carbocycles. The number of carboxylic acid groups (broad SMARTS) is 1. The van der Waals surface area contributed by atoms with E-state index >= 15 is 0 Å². The van der Waals surface area contributed by atoms with Crippen LogP contribution in [-0.2, 0) is 16.0 Å². The topological polar surface area (TPSA) is 75.6 Å². The summed E-state index contributed by atoms with van der Waals surface area (Å²) in [7, 11) is 0. The molecule has 7 heteroatoms. The molecule has 2 rings (SSSR count). The van der Waals surface area contributed by atoms with Gasteiger partial charge in [-0.3, -0.25) is 9.59 Å². The van der Waals surface area contributed by atoms with Crippen LogP contribution in [0.3, 0.4) is 0 Å². The lowest BCUT2D eigenvalue weighted by molar-refractivity contribution is -0.139. The Morgan fingerprint density at radius 3 is 2.58 bits per heavy atom. The van der Waals surface area contributed by atoms with Crippen LogP contribution in [0.2, 0.25) is 0 Å². The number of ether oxygens (including phenoxy) is 1. The number of carboxylic acids is 1. The molecule has 0 aromatic heterocycles. The molecule has 1 aliphatic rings. The van der Waals surface area contributed by atoms with Crippen molar-refractivity contribution in [3.63, 3.8) is 0 Å². The van der Waals surface area contributed by atoms with Crippen molar-refractivity contribution in [2.24, 2.45) is 5.41 Å². The average molecular weight is 341 g/mol. The number of carbonyl (C=O) groups excluding carboxylic acids is 1. The first-order valence-electron chi connectivity index (χ1n) is 7.87. The maximum atomic E-state index is 13.4. The Balaban J connectivity index is 1.76. The van der Waals surface area contributed by atoms with Crippen LogP contribution < -0.4 is 10.1 Å². The van der Waals surface area contributed by atoms with Crippen LogP contribution in [0.25, 0.3) is 0 Å². The Morgan fingerprint density at radius 1 is 1.33 bits per heavy atom. The highest BCUT2D eigenvalue weighted by Gasteiger charge is 2.70. The first kappa shape index (κ1) is 18.2. The zero-order valence-corrected chi connectivity index (χ0v) is 13.5. The largest absolute Gasteiger partial charge is 0.483 e. The third-order valence-electron chi connectivity index (χ3n) is 4.34. The Kier molecular flexibility index (Phi) is 5.41. The summed E-state index contributed by atoms with van der Waals surface area (Å²) in [6.45, 7) is 1.76. The van der Waals surface area contributed by atoms with Gasteiger partial charge in [-0.15, -0.1) is 0 Å². The fraction of sp³-hybridized carbons (Fsp3) is 0.529. The summed E-state index contributed by atoms with van der Waals surface area (Å²) in [5, 5.41) is 11.3. The van der Waals surface area contributed by atoms with Crippen molar-refractivity contribution in [1.29, 1.82) is 0 Å². The first-order chi connectivity index (χ1) is 11.3. The SMILES string of the molecule is CCc1ccccc1OCC(=O)NCCC1(CC(=O)O)CC1(F)F. The van der Waals surface area contributed by atoms with Crippen molar-refractivity contribution in [2.45, 2.75) is 38.5 Å². The van der Waals surface area contributed by atoms with Crippen LogP contribution in [0.4, 0.5) is 8.78 Å². The zero-order chi connectivity index (χ0) is 17.8. The van der Waals surface area contributed by atoms with Crippen LogP contribution in [0, 0.1) is 5.41 Å². The van der Waals surface area contributed by atoms with Gasteiger partial charge < -0.3 is 15.2 Å². The molecule has 1 aromatic rings. The summed E-state index contributed by atoms with van der Waals surface area (Å²) in [5.41, 5.74) is -0.551. The second kappa shape index (κ2) is 7.15. The number of rotatable bonds is 9. The minimum Gasteiger partial charge on any atom is -0.483 e. The van der Waals surface area contributed by atoms with Gasteiger partial charge in [0.2, 0.25) is 0 Å². The van der Waals surface area contributed by atoms with E-state index in [1.54, 1.807) is 12.1 Å². The smallest absolute Gasteiger partial charge is 0.304 e. The van der Waals surface area contributed by atoms with Crippen molar-refractivity contribution in [2.75, 3.05) is 13.2 Å². The van der Waals surface area contributed by atoms with Crippen LogP contribution in [0.5, 0.6) is 5.75 Å². The van der Waals surface area contributed by atoms with Crippen molar-refractivity contribution >= 4 is 11.9 Å². The van der Waals surface area contributed by atoms with Gasteiger partial charge in [-0.25, -0.2) is 8.78 Å². The Morgan fingerprint density at radius 2 is 2.00 bits per heavy atom. The molecule has 1 unspecified atom stereocenters. The fourth-order valence-electron chi connectivity index (χ4n) is 2.79.